The van der Waals surface area contributed by atoms with Gasteiger partial charge in [0.15, 0.2) is 6.10 Å². The fourth-order valence-electron chi connectivity index (χ4n) is 4.32. The van der Waals surface area contributed by atoms with E-state index in [1.54, 1.807) is 41.5 Å². The Hall–Kier alpha value is -3.71. The number of carbonyl (C=O) groups is 2. The SMILES string of the molecule is CCOc1ccc(N2C(=O)[C@H]3[C@@H](ON(c4ccccc4)[C@H]3c3ccc(F)cc3)C2=O)cc1. The first-order valence-corrected chi connectivity index (χ1v) is 10.5. The number of hydrogen-bond acceptors (Lipinski definition) is 5. The van der Waals surface area contributed by atoms with E-state index in [-0.39, 0.29) is 11.7 Å². The molecule has 0 radical (unpaired) electrons. The van der Waals surface area contributed by atoms with Crippen molar-refractivity contribution in [1.82, 2.24) is 0 Å². The third-order valence-electron chi connectivity index (χ3n) is 5.74. The van der Waals surface area contributed by atoms with Gasteiger partial charge in [-0.25, -0.2) is 14.4 Å². The van der Waals surface area contributed by atoms with Crippen molar-refractivity contribution in [2.75, 3.05) is 16.6 Å². The average molecular weight is 432 g/mol. The summed E-state index contributed by atoms with van der Waals surface area (Å²) in [4.78, 5) is 34.0. The van der Waals surface area contributed by atoms with Gasteiger partial charge in [0.1, 0.15) is 17.5 Å². The van der Waals surface area contributed by atoms with Crippen LogP contribution in [-0.4, -0.2) is 24.5 Å². The zero-order chi connectivity index (χ0) is 22.2. The van der Waals surface area contributed by atoms with Crippen LogP contribution in [0.15, 0.2) is 78.9 Å². The number of hydrogen-bond donors (Lipinski definition) is 0. The number of benzene rings is 3. The molecule has 162 valence electrons. The van der Waals surface area contributed by atoms with Gasteiger partial charge in [-0.15, -0.1) is 0 Å². The molecular weight excluding hydrogens is 411 g/mol. The molecule has 3 aromatic carbocycles. The molecule has 32 heavy (non-hydrogen) atoms. The summed E-state index contributed by atoms with van der Waals surface area (Å²) in [6, 6.07) is 21.4. The zero-order valence-corrected chi connectivity index (χ0v) is 17.4. The number of fused-ring (bicyclic) bond motifs is 1. The molecule has 0 saturated carbocycles. The lowest BCUT2D eigenvalue weighted by atomic mass is 9.90. The van der Waals surface area contributed by atoms with Crippen molar-refractivity contribution < 1.29 is 23.6 Å². The summed E-state index contributed by atoms with van der Waals surface area (Å²) >= 11 is 0. The second-order valence-corrected chi connectivity index (χ2v) is 7.65. The first kappa shape index (κ1) is 20.2. The molecular formula is C25H21FN2O4. The van der Waals surface area contributed by atoms with Gasteiger partial charge in [-0.2, -0.15) is 0 Å². The van der Waals surface area contributed by atoms with Crippen LogP contribution in [0.1, 0.15) is 18.5 Å². The summed E-state index contributed by atoms with van der Waals surface area (Å²) in [6.07, 6.45) is -0.968. The number of amides is 2. The van der Waals surface area contributed by atoms with Gasteiger partial charge in [0, 0.05) is 0 Å². The summed E-state index contributed by atoms with van der Waals surface area (Å²) in [5.74, 6) is -1.25. The van der Waals surface area contributed by atoms with Gasteiger partial charge in [0.05, 0.1) is 24.0 Å². The van der Waals surface area contributed by atoms with Crippen molar-refractivity contribution >= 4 is 23.2 Å². The highest BCUT2D eigenvalue weighted by Gasteiger charge is 2.60. The van der Waals surface area contributed by atoms with E-state index in [0.29, 0.717) is 29.3 Å². The van der Waals surface area contributed by atoms with Crippen LogP contribution in [0.3, 0.4) is 0 Å². The first-order chi connectivity index (χ1) is 15.6. The van der Waals surface area contributed by atoms with Gasteiger partial charge < -0.3 is 4.74 Å². The van der Waals surface area contributed by atoms with Gasteiger partial charge in [-0.3, -0.25) is 14.4 Å². The molecule has 0 spiro atoms. The molecule has 7 heteroatoms. The average Bonchev–Trinajstić information content (AvgIpc) is 3.32. The van der Waals surface area contributed by atoms with Crippen molar-refractivity contribution in [2.24, 2.45) is 5.92 Å². The van der Waals surface area contributed by atoms with E-state index in [0.717, 1.165) is 0 Å². The highest BCUT2D eigenvalue weighted by molar-refractivity contribution is 6.23. The van der Waals surface area contributed by atoms with Gasteiger partial charge in [0.2, 0.25) is 5.91 Å². The first-order valence-electron chi connectivity index (χ1n) is 10.5. The quantitative estimate of drug-likeness (QED) is 0.564. The molecule has 0 aliphatic carbocycles. The molecule has 5 rings (SSSR count). The second-order valence-electron chi connectivity index (χ2n) is 7.65. The van der Waals surface area contributed by atoms with E-state index in [4.69, 9.17) is 9.57 Å². The van der Waals surface area contributed by atoms with E-state index >= 15 is 0 Å². The Morgan fingerprint density at radius 1 is 0.875 bits per heavy atom. The van der Waals surface area contributed by atoms with Crippen LogP contribution in [-0.2, 0) is 14.4 Å². The number of hydroxylamine groups is 1. The van der Waals surface area contributed by atoms with Crippen molar-refractivity contribution in [2.45, 2.75) is 19.1 Å². The molecule has 0 N–H and O–H groups in total. The Balaban J connectivity index is 1.53. The molecule has 0 aromatic heterocycles. The smallest absolute Gasteiger partial charge is 0.266 e. The lowest BCUT2D eigenvalue weighted by Crippen LogP contribution is -2.37. The Labute approximate surface area is 184 Å². The summed E-state index contributed by atoms with van der Waals surface area (Å²) in [7, 11) is 0. The largest absolute Gasteiger partial charge is 0.494 e. The summed E-state index contributed by atoms with van der Waals surface area (Å²) in [6.45, 7) is 2.40. The van der Waals surface area contributed by atoms with Crippen LogP contribution in [0.25, 0.3) is 0 Å². The third-order valence-corrected chi connectivity index (χ3v) is 5.74. The van der Waals surface area contributed by atoms with Gasteiger partial charge in [-0.1, -0.05) is 30.3 Å². The Bertz CT molecular complexity index is 1130. The number of ether oxygens (including phenoxy) is 1. The number of imide groups is 1. The normalized spacial score (nSPS) is 22.4. The lowest BCUT2D eigenvalue weighted by Gasteiger charge is -2.28. The number of rotatable bonds is 5. The maximum atomic E-state index is 13.6. The van der Waals surface area contributed by atoms with Gasteiger partial charge in [-0.05, 0) is 61.0 Å². The molecule has 2 aliphatic rings. The van der Waals surface area contributed by atoms with E-state index in [1.165, 1.54) is 17.0 Å². The number of anilines is 2. The van der Waals surface area contributed by atoms with Gasteiger partial charge >= 0.3 is 0 Å². The number of nitrogens with zero attached hydrogens (tertiary/aromatic N) is 2. The van der Waals surface area contributed by atoms with E-state index in [2.05, 4.69) is 0 Å². The predicted octanol–water partition coefficient (Wildman–Crippen LogP) is 4.28. The molecule has 3 atom stereocenters. The van der Waals surface area contributed by atoms with Crippen LogP contribution in [0.2, 0.25) is 0 Å². The van der Waals surface area contributed by atoms with Crippen LogP contribution in [0.4, 0.5) is 15.8 Å². The van der Waals surface area contributed by atoms with E-state index in [9.17, 15) is 14.0 Å². The van der Waals surface area contributed by atoms with E-state index < -0.39 is 24.0 Å². The Morgan fingerprint density at radius 2 is 1.56 bits per heavy atom. The minimum atomic E-state index is -0.968. The van der Waals surface area contributed by atoms with E-state index in [1.807, 2.05) is 37.3 Å². The third kappa shape index (κ3) is 3.31. The van der Waals surface area contributed by atoms with Gasteiger partial charge in [0.25, 0.3) is 5.91 Å². The van der Waals surface area contributed by atoms with Crippen molar-refractivity contribution in [3.05, 3.63) is 90.2 Å². The minimum absolute atomic E-state index is 0.350. The van der Waals surface area contributed by atoms with Crippen molar-refractivity contribution in [1.29, 1.82) is 0 Å². The molecule has 2 aliphatic heterocycles. The number of carbonyl (C=O) groups excluding carboxylic acids is 2. The minimum Gasteiger partial charge on any atom is -0.494 e. The lowest BCUT2D eigenvalue weighted by molar-refractivity contribution is -0.126. The standard InChI is InChI=1S/C25H21FN2O4/c1-2-31-20-14-12-18(13-15-20)27-24(29)21-22(16-8-10-17(26)11-9-16)28(32-23(21)25(27)30)19-6-4-3-5-7-19/h3-15,21-23H,2H2,1H3/t21-,22+,23-/m1/s1. The fourth-order valence-corrected chi connectivity index (χ4v) is 4.32. The monoisotopic (exact) mass is 432 g/mol. The maximum Gasteiger partial charge on any atom is 0.266 e. The molecule has 2 amide bonds. The second kappa shape index (κ2) is 8.09. The zero-order valence-electron chi connectivity index (χ0n) is 17.4. The van der Waals surface area contributed by atoms with Crippen molar-refractivity contribution in [3.8, 4) is 5.75 Å². The summed E-state index contributed by atoms with van der Waals surface area (Å²) in [5, 5.41) is 1.59. The van der Waals surface area contributed by atoms with Crippen LogP contribution in [0, 0.1) is 11.7 Å². The van der Waals surface area contributed by atoms with Crippen molar-refractivity contribution in [3.63, 3.8) is 0 Å². The highest BCUT2D eigenvalue weighted by Crippen LogP contribution is 2.47. The molecule has 2 fully saturated rings. The molecule has 6 nitrogen and oxygen atoms in total. The predicted molar refractivity (Wildman–Crippen MR) is 117 cm³/mol. The Kier molecular flexibility index (Phi) is 5.11. The summed E-state index contributed by atoms with van der Waals surface area (Å²) in [5.41, 5.74) is 1.87. The topological polar surface area (TPSA) is 59.1 Å². The maximum absolute atomic E-state index is 13.6. The molecule has 2 saturated heterocycles. The van der Waals surface area contributed by atoms with Crippen LogP contribution in [0.5, 0.6) is 5.75 Å². The molecule has 0 unspecified atom stereocenters. The molecule has 3 aromatic rings. The fraction of sp³-hybridized carbons (Fsp3) is 0.200. The number of para-hydroxylation sites is 1. The molecule has 0 bridgehead atoms. The highest BCUT2D eigenvalue weighted by atomic mass is 19.1. The van der Waals surface area contributed by atoms with Crippen LogP contribution < -0.4 is 14.7 Å². The molecule has 2 heterocycles. The Morgan fingerprint density at radius 3 is 2.22 bits per heavy atom. The summed E-state index contributed by atoms with van der Waals surface area (Å²) < 4.78 is 19.0. The van der Waals surface area contributed by atoms with Crippen LogP contribution >= 0.6 is 0 Å². The number of halogens is 1.